The van der Waals surface area contributed by atoms with Gasteiger partial charge in [0.25, 0.3) is 0 Å². The van der Waals surface area contributed by atoms with E-state index in [1.807, 2.05) is 12.3 Å². The third-order valence-electron chi connectivity index (χ3n) is 5.60. The minimum Gasteiger partial charge on any atom is -0.351 e. The molecule has 2 aromatic heterocycles. The Bertz CT molecular complexity index is 960. The quantitative estimate of drug-likeness (QED) is 0.779. The maximum atomic E-state index is 13.8. The van der Waals surface area contributed by atoms with Gasteiger partial charge in [0.15, 0.2) is 0 Å². The molecule has 0 bridgehead atoms. The molecule has 0 radical (unpaired) electrons. The Hall–Kier alpha value is -2.40. The van der Waals surface area contributed by atoms with Gasteiger partial charge in [0.1, 0.15) is 11.6 Å². The highest BCUT2D eigenvalue weighted by Gasteiger charge is 2.31. The van der Waals surface area contributed by atoms with Gasteiger partial charge < -0.3 is 14.8 Å². The fraction of sp³-hybridized carbons (Fsp3) is 0.381. The van der Waals surface area contributed by atoms with Crippen molar-refractivity contribution in [3.63, 3.8) is 0 Å². The molecule has 134 valence electrons. The van der Waals surface area contributed by atoms with E-state index in [1.165, 1.54) is 29.9 Å². The van der Waals surface area contributed by atoms with Crippen LogP contribution in [0.4, 0.5) is 10.2 Å². The van der Waals surface area contributed by atoms with Crippen molar-refractivity contribution in [3.8, 4) is 5.69 Å². The molecule has 5 heteroatoms. The van der Waals surface area contributed by atoms with Crippen molar-refractivity contribution >= 4 is 16.7 Å². The summed E-state index contributed by atoms with van der Waals surface area (Å²) in [7, 11) is 0. The first-order chi connectivity index (χ1) is 12.7. The van der Waals surface area contributed by atoms with Gasteiger partial charge in [-0.2, -0.15) is 0 Å². The Morgan fingerprint density at radius 1 is 1.23 bits per heavy atom. The van der Waals surface area contributed by atoms with Crippen molar-refractivity contribution in [3.05, 3.63) is 54.1 Å². The first kappa shape index (κ1) is 15.8. The zero-order chi connectivity index (χ0) is 17.7. The lowest BCUT2D eigenvalue weighted by Gasteiger charge is -2.35. The number of hydrogen-bond donors (Lipinski definition) is 1. The van der Waals surface area contributed by atoms with E-state index in [1.54, 1.807) is 12.1 Å². The molecule has 1 N–H and O–H groups in total. The molecule has 2 fully saturated rings. The molecule has 1 saturated carbocycles. The predicted octanol–water partition coefficient (Wildman–Crippen LogP) is 3.84. The third-order valence-corrected chi connectivity index (χ3v) is 5.60. The van der Waals surface area contributed by atoms with Crippen LogP contribution in [0.25, 0.3) is 16.6 Å². The fourth-order valence-corrected chi connectivity index (χ4v) is 4.11. The van der Waals surface area contributed by atoms with E-state index in [-0.39, 0.29) is 5.82 Å². The molecule has 4 nitrogen and oxygen atoms in total. The van der Waals surface area contributed by atoms with Crippen LogP contribution in [0, 0.1) is 5.82 Å². The van der Waals surface area contributed by atoms with Gasteiger partial charge in [0.2, 0.25) is 0 Å². The van der Waals surface area contributed by atoms with Crippen molar-refractivity contribution < 1.29 is 4.39 Å². The van der Waals surface area contributed by atoms with Gasteiger partial charge in [0, 0.05) is 49.1 Å². The molecule has 26 heavy (non-hydrogen) atoms. The number of halogens is 1. The first-order valence-electron chi connectivity index (χ1n) is 9.45. The van der Waals surface area contributed by atoms with Crippen LogP contribution in [-0.2, 0) is 0 Å². The van der Waals surface area contributed by atoms with Gasteiger partial charge in [-0.25, -0.2) is 9.37 Å². The van der Waals surface area contributed by atoms with Crippen molar-refractivity contribution in [2.24, 2.45) is 0 Å². The lowest BCUT2D eigenvalue weighted by Crippen LogP contribution is -2.50. The van der Waals surface area contributed by atoms with Crippen molar-refractivity contribution in [1.82, 2.24) is 14.9 Å². The number of pyridine rings is 1. The summed E-state index contributed by atoms with van der Waals surface area (Å²) in [5.74, 6) is 1.48. The normalized spacial score (nSPS) is 20.7. The van der Waals surface area contributed by atoms with Gasteiger partial charge in [-0.1, -0.05) is 6.07 Å². The lowest BCUT2D eigenvalue weighted by molar-refractivity contribution is 0.498. The molecule has 1 aliphatic heterocycles. The van der Waals surface area contributed by atoms with E-state index in [2.05, 4.69) is 34.0 Å². The van der Waals surface area contributed by atoms with Crippen LogP contribution in [0.15, 0.2) is 42.7 Å². The topological polar surface area (TPSA) is 33.1 Å². The fourth-order valence-electron chi connectivity index (χ4n) is 4.11. The summed E-state index contributed by atoms with van der Waals surface area (Å²) in [6.45, 7) is 5.16. The van der Waals surface area contributed by atoms with Crippen LogP contribution < -0.4 is 10.2 Å². The number of benzene rings is 1. The molecular weight excluding hydrogens is 327 g/mol. The number of nitrogens with zero attached hydrogens (tertiary/aromatic N) is 3. The lowest BCUT2D eigenvalue weighted by atomic mass is 10.1. The standard InChI is InChI=1S/C21H23FN4/c1-14-12-23-9-10-25(14)21-20-18(15-5-6-15)13-26(19(20)7-8-24-21)17-4-2-3-16(22)11-17/h2-4,7-8,11,13-15,23H,5-6,9-10,12H2,1H3/t14-/m0/s1. The smallest absolute Gasteiger partial charge is 0.138 e. The average Bonchev–Trinajstić information content (AvgIpc) is 3.42. The summed E-state index contributed by atoms with van der Waals surface area (Å²) in [5, 5.41) is 4.70. The molecule has 1 saturated heterocycles. The number of fused-ring (bicyclic) bond motifs is 1. The van der Waals surface area contributed by atoms with Crippen molar-refractivity contribution in [1.29, 1.82) is 0 Å². The molecule has 1 aromatic carbocycles. The minimum atomic E-state index is -0.206. The number of anilines is 1. The third kappa shape index (κ3) is 2.58. The molecule has 5 rings (SSSR count). The molecule has 1 atom stereocenters. The predicted molar refractivity (Wildman–Crippen MR) is 103 cm³/mol. The zero-order valence-corrected chi connectivity index (χ0v) is 15.0. The second-order valence-corrected chi connectivity index (χ2v) is 7.48. The Balaban J connectivity index is 1.73. The van der Waals surface area contributed by atoms with Gasteiger partial charge >= 0.3 is 0 Å². The molecule has 0 unspecified atom stereocenters. The summed E-state index contributed by atoms with van der Waals surface area (Å²) >= 11 is 0. The van der Waals surface area contributed by atoms with Crippen LogP contribution in [0.1, 0.15) is 31.2 Å². The summed E-state index contributed by atoms with van der Waals surface area (Å²) < 4.78 is 15.9. The highest BCUT2D eigenvalue weighted by Crippen LogP contribution is 2.46. The highest BCUT2D eigenvalue weighted by molar-refractivity contribution is 5.95. The van der Waals surface area contributed by atoms with Gasteiger partial charge in [-0.15, -0.1) is 0 Å². The first-order valence-corrected chi connectivity index (χ1v) is 9.45. The molecule has 2 aliphatic rings. The van der Waals surface area contributed by atoms with E-state index >= 15 is 0 Å². The molecule has 3 heterocycles. The number of aromatic nitrogens is 2. The SMILES string of the molecule is C[C@H]1CNCCN1c1nccc2c1c(C1CC1)cn2-c1cccc(F)c1. The number of hydrogen-bond acceptors (Lipinski definition) is 3. The van der Waals surface area contributed by atoms with E-state index < -0.39 is 0 Å². The second kappa shape index (κ2) is 6.09. The van der Waals surface area contributed by atoms with Crippen molar-refractivity contribution in [2.75, 3.05) is 24.5 Å². The Kier molecular flexibility index (Phi) is 3.71. The molecular formula is C21H23FN4. The molecule has 0 amide bonds. The number of rotatable bonds is 3. The maximum Gasteiger partial charge on any atom is 0.138 e. The minimum absolute atomic E-state index is 0.206. The van der Waals surface area contributed by atoms with Crippen LogP contribution in [-0.4, -0.2) is 35.2 Å². The van der Waals surface area contributed by atoms with Gasteiger partial charge in [-0.05, 0) is 55.5 Å². The van der Waals surface area contributed by atoms with Gasteiger partial charge in [-0.3, -0.25) is 0 Å². The Morgan fingerprint density at radius 3 is 2.88 bits per heavy atom. The number of piperazine rings is 1. The monoisotopic (exact) mass is 350 g/mol. The van der Waals surface area contributed by atoms with E-state index in [0.29, 0.717) is 12.0 Å². The molecule has 1 aliphatic carbocycles. The van der Waals surface area contributed by atoms with Gasteiger partial charge in [0.05, 0.1) is 5.52 Å². The van der Waals surface area contributed by atoms with Crippen LogP contribution >= 0.6 is 0 Å². The van der Waals surface area contributed by atoms with E-state index in [4.69, 9.17) is 4.98 Å². The molecule has 0 spiro atoms. The largest absolute Gasteiger partial charge is 0.351 e. The van der Waals surface area contributed by atoms with E-state index in [0.717, 1.165) is 36.7 Å². The van der Waals surface area contributed by atoms with Crippen LogP contribution in [0.2, 0.25) is 0 Å². The van der Waals surface area contributed by atoms with Crippen LogP contribution in [0.3, 0.4) is 0 Å². The van der Waals surface area contributed by atoms with Crippen molar-refractivity contribution in [2.45, 2.75) is 31.7 Å². The summed E-state index contributed by atoms with van der Waals surface area (Å²) in [6, 6.07) is 9.30. The summed E-state index contributed by atoms with van der Waals surface area (Å²) in [6.07, 6.45) is 6.55. The van der Waals surface area contributed by atoms with Crippen LogP contribution in [0.5, 0.6) is 0 Å². The molecule has 3 aromatic rings. The Labute approximate surface area is 152 Å². The summed E-state index contributed by atoms with van der Waals surface area (Å²) in [4.78, 5) is 7.20. The highest BCUT2D eigenvalue weighted by atomic mass is 19.1. The maximum absolute atomic E-state index is 13.8. The Morgan fingerprint density at radius 2 is 2.12 bits per heavy atom. The number of nitrogens with one attached hydrogen (secondary N) is 1. The zero-order valence-electron chi connectivity index (χ0n) is 15.0. The average molecular weight is 350 g/mol. The van der Waals surface area contributed by atoms with E-state index in [9.17, 15) is 4.39 Å². The second-order valence-electron chi connectivity index (χ2n) is 7.48. The summed E-state index contributed by atoms with van der Waals surface area (Å²) in [5.41, 5.74) is 3.35.